The van der Waals surface area contributed by atoms with Gasteiger partial charge < -0.3 is 16.0 Å². The zero-order valence-corrected chi connectivity index (χ0v) is 17.6. The number of benzene rings is 1. The van der Waals surface area contributed by atoms with Crippen molar-refractivity contribution in [2.75, 3.05) is 31.5 Å². The summed E-state index contributed by atoms with van der Waals surface area (Å²) in [6.45, 7) is 2.76. The van der Waals surface area contributed by atoms with E-state index in [0.717, 1.165) is 60.9 Å². The highest BCUT2D eigenvalue weighted by atomic mass is 16.2. The summed E-state index contributed by atoms with van der Waals surface area (Å²) in [6.07, 6.45) is 5.46. The molecule has 8 heteroatoms. The molecule has 2 saturated heterocycles. The van der Waals surface area contributed by atoms with Gasteiger partial charge in [-0.05, 0) is 49.4 Å². The molecule has 2 aliphatic heterocycles. The number of amides is 2. The Morgan fingerprint density at radius 1 is 1.19 bits per heavy atom. The average Bonchev–Trinajstić information content (AvgIpc) is 3.25. The van der Waals surface area contributed by atoms with Gasteiger partial charge >= 0.3 is 0 Å². The highest BCUT2D eigenvalue weighted by molar-refractivity contribution is 5.95. The predicted octanol–water partition coefficient (Wildman–Crippen LogP) is 1.65. The lowest BCUT2D eigenvalue weighted by molar-refractivity contribution is -0.132. The number of hydrogen-bond donors (Lipinski definition) is 2. The normalized spacial score (nSPS) is 20.0. The number of hydrogen-bond acceptors (Lipinski definition) is 6. The van der Waals surface area contributed by atoms with Crippen LogP contribution in [0.1, 0.15) is 31.2 Å². The largest absolute Gasteiger partial charge is 0.382 e. The van der Waals surface area contributed by atoms with Gasteiger partial charge in [0, 0.05) is 42.9 Å². The number of piperidine rings is 1. The van der Waals surface area contributed by atoms with Crippen molar-refractivity contribution in [3.05, 3.63) is 36.0 Å². The maximum absolute atomic E-state index is 12.6. The second-order valence-corrected chi connectivity index (χ2v) is 8.38. The number of nitriles is 1. The molecular weight excluding hydrogens is 392 g/mol. The van der Waals surface area contributed by atoms with E-state index in [1.807, 2.05) is 24.3 Å². The number of aromatic nitrogens is 1. The second-order valence-electron chi connectivity index (χ2n) is 8.38. The Morgan fingerprint density at radius 2 is 2.00 bits per heavy atom. The van der Waals surface area contributed by atoms with E-state index >= 15 is 0 Å². The van der Waals surface area contributed by atoms with Gasteiger partial charge in [0.25, 0.3) is 0 Å². The molecular formula is C23H28N6O2. The van der Waals surface area contributed by atoms with E-state index in [9.17, 15) is 14.9 Å². The number of nitrogens with one attached hydrogen (secondary N) is 1. The molecule has 3 N–H and O–H groups in total. The summed E-state index contributed by atoms with van der Waals surface area (Å²) in [6, 6.07) is 10.1. The number of primary amides is 1. The molecule has 4 rings (SSSR count). The molecule has 1 aromatic carbocycles. The number of carbonyl (C=O) groups is 2. The van der Waals surface area contributed by atoms with E-state index in [2.05, 4.69) is 21.3 Å². The Balaban J connectivity index is 1.36. The Bertz CT molecular complexity index is 1010. The molecule has 1 atom stereocenters. The van der Waals surface area contributed by atoms with E-state index in [0.29, 0.717) is 19.1 Å². The molecule has 1 aromatic heterocycles. The quantitative estimate of drug-likeness (QED) is 0.734. The Morgan fingerprint density at radius 3 is 2.74 bits per heavy atom. The summed E-state index contributed by atoms with van der Waals surface area (Å²) in [4.78, 5) is 32.3. The van der Waals surface area contributed by atoms with Gasteiger partial charge in [0.05, 0.1) is 24.6 Å². The number of likely N-dealkylation sites (tertiary alicyclic amines) is 2. The first-order valence-electron chi connectivity index (χ1n) is 10.9. The molecule has 0 aliphatic carbocycles. The third-order valence-electron chi connectivity index (χ3n) is 6.25. The molecule has 0 unspecified atom stereocenters. The van der Waals surface area contributed by atoms with Crippen LogP contribution in [0.5, 0.6) is 0 Å². The van der Waals surface area contributed by atoms with Crippen LogP contribution in [0.25, 0.3) is 10.9 Å². The Kier molecular flexibility index (Phi) is 6.33. The molecule has 3 heterocycles. The van der Waals surface area contributed by atoms with Crippen LogP contribution >= 0.6 is 0 Å². The monoisotopic (exact) mass is 420 g/mol. The molecule has 0 bridgehead atoms. The SMILES string of the molecule is N#C[C@@H]1CCCN1C(=O)CN1CCC(Nc2ccc(CC(N)=O)c3ncccc23)CC1. The van der Waals surface area contributed by atoms with Crippen LogP contribution in [0.15, 0.2) is 30.5 Å². The Labute approximate surface area is 182 Å². The third-order valence-corrected chi connectivity index (χ3v) is 6.25. The molecule has 2 amide bonds. The smallest absolute Gasteiger partial charge is 0.237 e. The van der Waals surface area contributed by atoms with Gasteiger partial charge in [0.15, 0.2) is 0 Å². The average molecular weight is 421 g/mol. The maximum Gasteiger partial charge on any atom is 0.237 e. The maximum atomic E-state index is 12.6. The minimum Gasteiger partial charge on any atom is -0.382 e. The number of carbonyl (C=O) groups excluding carboxylic acids is 2. The number of nitrogens with two attached hydrogens (primary N) is 1. The predicted molar refractivity (Wildman–Crippen MR) is 118 cm³/mol. The first-order valence-corrected chi connectivity index (χ1v) is 10.9. The fraction of sp³-hybridized carbons (Fsp3) is 0.478. The molecule has 31 heavy (non-hydrogen) atoms. The Hall–Kier alpha value is -3.18. The fourth-order valence-electron chi connectivity index (χ4n) is 4.62. The van der Waals surface area contributed by atoms with Crippen LogP contribution in [-0.2, 0) is 16.0 Å². The molecule has 2 aliphatic rings. The van der Waals surface area contributed by atoms with Gasteiger partial charge in [-0.3, -0.25) is 19.5 Å². The van der Waals surface area contributed by atoms with Crippen LogP contribution in [0.4, 0.5) is 5.69 Å². The second kappa shape index (κ2) is 9.31. The van der Waals surface area contributed by atoms with E-state index in [1.165, 1.54) is 0 Å². The summed E-state index contributed by atoms with van der Waals surface area (Å²) >= 11 is 0. The van der Waals surface area contributed by atoms with E-state index in [1.54, 1.807) is 11.1 Å². The number of fused-ring (bicyclic) bond motifs is 1. The van der Waals surface area contributed by atoms with Crippen LogP contribution in [0.3, 0.4) is 0 Å². The van der Waals surface area contributed by atoms with Gasteiger partial charge in [0.2, 0.25) is 11.8 Å². The molecule has 8 nitrogen and oxygen atoms in total. The molecule has 2 fully saturated rings. The minimum atomic E-state index is -0.371. The van der Waals surface area contributed by atoms with Crippen LogP contribution in [-0.4, -0.2) is 64.9 Å². The van der Waals surface area contributed by atoms with Crippen LogP contribution in [0.2, 0.25) is 0 Å². The van der Waals surface area contributed by atoms with Gasteiger partial charge in [-0.15, -0.1) is 0 Å². The summed E-state index contributed by atoms with van der Waals surface area (Å²) in [5.41, 5.74) is 8.01. The third kappa shape index (κ3) is 4.78. The zero-order valence-electron chi connectivity index (χ0n) is 17.6. The van der Waals surface area contributed by atoms with Gasteiger partial charge in [-0.25, -0.2) is 0 Å². The van der Waals surface area contributed by atoms with Crippen molar-refractivity contribution in [2.45, 2.75) is 44.2 Å². The lowest BCUT2D eigenvalue weighted by Gasteiger charge is -2.33. The summed E-state index contributed by atoms with van der Waals surface area (Å²) < 4.78 is 0. The van der Waals surface area contributed by atoms with Gasteiger partial charge in [-0.1, -0.05) is 6.07 Å². The van der Waals surface area contributed by atoms with Crippen molar-refractivity contribution in [2.24, 2.45) is 5.73 Å². The van der Waals surface area contributed by atoms with E-state index < -0.39 is 0 Å². The molecule has 0 spiro atoms. The molecule has 162 valence electrons. The number of pyridine rings is 1. The summed E-state index contributed by atoms with van der Waals surface area (Å²) in [5, 5.41) is 13.8. The lowest BCUT2D eigenvalue weighted by Crippen LogP contribution is -2.46. The zero-order chi connectivity index (χ0) is 21.8. The fourth-order valence-corrected chi connectivity index (χ4v) is 4.62. The van der Waals surface area contributed by atoms with Crippen molar-refractivity contribution >= 4 is 28.4 Å². The molecule has 2 aromatic rings. The van der Waals surface area contributed by atoms with E-state index in [-0.39, 0.29) is 24.3 Å². The van der Waals surface area contributed by atoms with Crippen molar-refractivity contribution in [3.8, 4) is 6.07 Å². The highest BCUT2D eigenvalue weighted by Gasteiger charge is 2.30. The van der Waals surface area contributed by atoms with Gasteiger partial charge in [0.1, 0.15) is 6.04 Å². The standard InChI is InChI=1S/C23H28N6O2/c24-14-18-3-2-10-29(18)22(31)15-28-11-7-17(8-12-28)27-20-6-5-16(13-21(25)30)23-19(20)4-1-9-26-23/h1,4-6,9,17-18,27H,2-3,7-8,10-13,15H2,(H2,25,30)/t18-/m0/s1. The van der Waals surface area contributed by atoms with Crippen molar-refractivity contribution in [1.29, 1.82) is 5.26 Å². The number of rotatable bonds is 6. The van der Waals surface area contributed by atoms with Crippen molar-refractivity contribution in [3.63, 3.8) is 0 Å². The summed E-state index contributed by atoms with van der Waals surface area (Å²) in [7, 11) is 0. The van der Waals surface area contributed by atoms with Crippen molar-refractivity contribution in [1.82, 2.24) is 14.8 Å². The number of nitrogens with zero attached hydrogens (tertiary/aromatic N) is 4. The first-order chi connectivity index (χ1) is 15.0. The van der Waals surface area contributed by atoms with Crippen LogP contribution < -0.4 is 11.1 Å². The van der Waals surface area contributed by atoms with E-state index in [4.69, 9.17) is 5.73 Å². The lowest BCUT2D eigenvalue weighted by atomic mass is 10.0. The highest BCUT2D eigenvalue weighted by Crippen LogP contribution is 2.27. The first kappa shape index (κ1) is 21.1. The topological polar surface area (TPSA) is 115 Å². The number of anilines is 1. The van der Waals surface area contributed by atoms with Crippen LogP contribution in [0, 0.1) is 11.3 Å². The summed E-state index contributed by atoms with van der Waals surface area (Å²) in [5.74, 6) is -0.304. The molecule has 0 radical (unpaired) electrons. The molecule has 0 saturated carbocycles. The van der Waals surface area contributed by atoms with Crippen molar-refractivity contribution < 1.29 is 9.59 Å². The van der Waals surface area contributed by atoms with Gasteiger partial charge in [-0.2, -0.15) is 5.26 Å². The minimum absolute atomic E-state index is 0.0672.